The summed E-state index contributed by atoms with van der Waals surface area (Å²) in [6.07, 6.45) is 0. The lowest BCUT2D eigenvalue weighted by molar-refractivity contribution is 0.242. The Hall–Kier alpha value is -1.94. The Morgan fingerprint density at radius 2 is 1.75 bits per heavy atom. The first-order valence-corrected chi connectivity index (χ1v) is 9.06. The second-order valence-corrected chi connectivity index (χ2v) is 8.26. The second-order valence-electron chi connectivity index (χ2n) is 5.76. The maximum atomic E-state index is 13.1. The molecule has 3 rings (SSSR count). The van der Waals surface area contributed by atoms with Gasteiger partial charge in [-0.3, -0.25) is 0 Å². The molecule has 3 atom stereocenters. The van der Waals surface area contributed by atoms with Crippen LogP contribution in [0.1, 0.15) is 11.5 Å². The first-order valence-electron chi connectivity index (χ1n) is 7.14. The maximum Gasteiger partial charge on any atom is 0.183 e. The number of nitriles is 1. The Morgan fingerprint density at radius 3 is 2.25 bits per heavy atom. The lowest BCUT2D eigenvalue weighted by atomic mass is 10.0. The summed E-state index contributed by atoms with van der Waals surface area (Å²) in [7, 11) is -3.86. The molecule has 1 fully saturated rings. The molecule has 1 aliphatic rings. The summed E-state index contributed by atoms with van der Waals surface area (Å²) in [4.78, 5) is 0.0367. The van der Waals surface area contributed by atoms with Gasteiger partial charge in [0.05, 0.1) is 22.8 Å². The molecule has 0 bridgehead atoms. The van der Waals surface area contributed by atoms with Crippen LogP contribution < -0.4 is 0 Å². The normalized spacial score (nSPS) is 25.9. The highest BCUT2D eigenvalue weighted by atomic mass is 35.5. The van der Waals surface area contributed by atoms with Crippen LogP contribution in [0.25, 0.3) is 0 Å². The highest BCUT2D eigenvalue weighted by Gasteiger charge is 2.72. The molecule has 1 N–H and O–H groups in total. The van der Waals surface area contributed by atoms with Crippen LogP contribution in [0.5, 0.6) is 0 Å². The van der Waals surface area contributed by atoms with Gasteiger partial charge in [-0.25, -0.2) is 12.8 Å². The monoisotopic (exact) mass is 365 g/mol. The summed E-state index contributed by atoms with van der Waals surface area (Å²) in [6.45, 7) is -0.594. The van der Waals surface area contributed by atoms with Gasteiger partial charge in [-0.05, 0) is 42.0 Å². The first-order chi connectivity index (χ1) is 11.4. The SMILES string of the molecule is N#C[C@]1(CO)[C@@H](c2ccc(F)cc2)[C@@H]1S(=O)(=O)c1ccc(Cl)cc1. The van der Waals surface area contributed by atoms with Crippen molar-refractivity contribution >= 4 is 21.4 Å². The topological polar surface area (TPSA) is 78.2 Å². The second kappa shape index (κ2) is 5.85. The highest BCUT2D eigenvalue weighted by Crippen LogP contribution is 2.63. The van der Waals surface area contributed by atoms with Gasteiger partial charge in [0.1, 0.15) is 11.2 Å². The molecule has 0 radical (unpaired) electrons. The molecule has 0 unspecified atom stereocenters. The fraction of sp³-hybridized carbons (Fsp3) is 0.235. The quantitative estimate of drug-likeness (QED) is 0.903. The third kappa shape index (κ3) is 2.49. The molecule has 0 amide bonds. The van der Waals surface area contributed by atoms with Crippen molar-refractivity contribution in [3.05, 3.63) is 64.9 Å². The van der Waals surface area contributed by atoms with Gasteiger partial charge in [0.25, 0.3) is 0 Å². The smallest absolute Gasteiger partial charge is 0.183 e. The van der Waals surface area contributed by atoms with E-state index in [1.807, 2.05) is 6.07 Å². The number of sulfone groups is 1. The number of halogens is 2. The standard InChI is InChI=1S/C17H13ClFNO3S/c18-12-3-7-14(8-4-12)24(22,23)16-15(17(16,9-20)10-21)11-1-5-13(19)6-2-11/h1-8,15-16,21H,10H2/t15-,16-,17-/m0/s1. The van der Waals surface area contributed by atoms with E-state index >= 15 is 0 Å². The molecular formula is C17H13ClFNO3S. The number of benzene rings is 2. The summed E-state index contributed by atoms with van der Waals surface area (Å²) in [5.74, 6) is -1.17. The minimum atomic E-state index is -3.86. The van der Waals surface area contributed by atoms with Crippen LogP contribution in [0, 0.1) is 22.6 Å². The molecule has 1 aliphatic carbocycles. The fourth-order valence-corrected chi connectivity index (χ4v) is 5.57. The van der Waals surface area contributed by atoms with Crippen molar-refractivity contribution < 1.29 is 17.9 Å². The van der Waals surface area contributed by atoms with Gasteiger partial charge in [0, 0.05) is 10.9 Å². The summed E-state index contributed by atoms with van der Waals surface area (Å²) in [5.41, 5.74) is -0.925. The minimum Gasteiger partial charge on any atom is -0.395 e. The Morgan fingerprint density at radius 1 is 1.17 bits per heavy atom. The molecule has 4 nitrogen and oxygen atoms in total. The number of hydrogen-bond donors (Lipinski definition) is 1. The van der Waals surface area contributed by atoms with Crippen LogP contribution in [-0.2, 0) is 9.84 Å². The van der Waals surface area contributed by atoms with Crippen molar-refractivity contribution in [3.8, 4) is 6.07 Å². The van der Waals surface area contributed by atoms with Crippen molar-refractivity contribution in [2.75, 3.05) is 6.61 Å². The first kappa shape index (κ1) is 16.9. The van der Waals surface area contributed by atoms with Gasteiger partial charge in [0.2, 0.25) is 0 Å². The lowest BCUT2D eigenvalue weighted by Crippen LogP contribution is -2.18. The number of aliphatic hydroxyl groups excluding tert-OH is 1. The van der Waals surface area contributed by atoms with Gasteiger partial charge in [0.15, 0.2) is 9.84 Å². The predicted molar refractivity (Wildman–Crippen MR) is 86.7 cm³/mol. The zero-order valence-electron chi connectivity index (χ0n) is 12.4. The van der Waals surface area contributed by atoms with E-state index in [9.17, 15) is 23.2 Å². The van der Waals surface area contributed by atoms with Crippen molar-refractivity contribution in [3.63, 3.8) is 0 Å². The number of rotatable bonds is 4. The number of hydrogen-bond acceptors (Lipinski definition) is 4. The van der Waals surface area contributed by atoms with Gasteiger partial charge in [-0.1, -0.05) is 23.7 Å². The fourth-order valence-electron chi connectivity index (χ4n) is 3.13. The van der Waals surface area contributed by atoms with Crippen LogP contribution in [-0.4, -0.2) is 25.4 Å². The average Bonchev–Trinajstić information content (AvgIpc) is 3.26. The van der Waals surface area contributed by atoms with E-state index in [4.69, 9.17) is 11.6 Å². The summed E-state index contributed by atoms with van der Waals surface area (Å²) < 4.78 is 38.9. The molecule has 2 aromatic carbocycles. The van der Waals surface area contributed by atoms with Crippen LogP contribution in [0.3, 0.4) is 0 Å². The summed E-state index contributed by atoms with van der Waals surface area (Å²) >= 11 is 5.78. The molecule has 1 saturated carbocycles. The zero-order chi connectivity index (χ0) is 17.5. The van der Waals surface area contributed by atoms with Crippen molar-refractivity contribution in [1.82, 2.24) is 0 Å². The molecule has 0 saturated heterocycles. The van der Waals surface area contributed by atoms with Crippen LogP contribution in [0.2, 0.25) is 5.02 Å². The van der Waals surface area contributed by atoms with E-state index in [0.717, 1.165) is 0 Å². The van der Waals surface area contributed by atoms with Crippen LogP contribution in [0.4, 0.5) is 4.39 Å². The van der Waals surface area contributed by atoms with Crippen LogP contribution in [0.15, 0.2) is 53.4 Å². The van der Waals surface area contributed by atoms with E-state index in [1.165, 1.54) is 48.5 Å². The Bertz CT molecular complexity index is 906. The van der Waals surface area contributed by atoms with Gasteiger partial charge < -0.3 is 5.11 Å². The summed E-state index contributed by atoms with van der Waals surface area (Å²) in [5, 5.41) is 18.5. The molecule has 0 aliphatic heterocycles. The van der Waals surface area contributed by atoms with E-state index in [0.29, 0.717) is 10.6 Å². The number of aliphatic hydroxyl groups is 1. The Balaban J connectivity index is 2.06. The molecule has 0 heterocycles. The minimum absolute atomic E-state index is 0.0367. The van der Waals surface area contributed by atoms with Gasteiger partial charge in [-0.2, -0.15) is 5.26 Å². The molecule has 2 aromatic rings. The molecular weight excluding hydrogens is 353 g/mol. The van der Waals surface area contributed by atoms with E-state index in [2.05, 4.69) is 0 Å². The molecule has 0 aromatic heterocycles. The maximum absolute atomic E-state index is 13.1. The zero-order valence-corrected chi connectivity index (χ0v) is 13.9. The third-order valence-corrected chi connectivity index (χ3v) is 6.97. The summed E-state index contributed by atoms with van der Waals surface area (Å²) in [6, 6.07) is 12.9. The van der Waals surface area contributed by atoms with E-state index < -0.39 is 38.8 Å². The molecule has 124 valence electrons. The average molecular weight is 366 g/mol. The Labute approximate surface area is 144 Å². The van der Waals surface area contributed by atoms with Gasteiger partial charge in [-0.15, -0.1) is 0 Å². The molecule has 0 spiro atoms. The molecule has 24 heavy (non-hydrogen) atoms. The number of nitrogens with zero attached hydrogens (tertiary/aromatic N) is 1. The van der Waals surface area contributed by atoms with Crippen LogP contribution >= 0.6 is 11.6 Å². The van der Waals surface area contributed by atoms with Crippen molar-refractivity contribution in [2.24, 2.45) is 5.41 Å². The largest absolute Gasteiger partial charge is 0.395 e. The lowest BCUT2D eigenvalue weighted by Gasteiger charge is -2.06. The van der Waals surface area contributed by atoms with Crippen molar-refractivity contribution in [2.45, 2.75) is 16.1 Å². The van der Waals surface area contributed by atoms with Gasteiger partial charge >= 0.3 is 0 Å². The molecule has 7 heteroatoms. The third-order valence-electron chi connectivity index (χ3n) is 4.43. The van der Waals surface area contributed by atoms with E-state index in [1.54, 1.807) is 0 Å². The predicted octanol–water partition coefficient (Wildman–Crippen LogP) is 2.92. The Kier molecular flexibility index (Phi) is 4.12. The van der Waals surface area contributed by atoms with Crippen molar-refractivity contribution in [1.29, 1.82) is 5.26 Å². The van der Waals surface area contributed by atoms with E-state index in [-0.39, 0.29) is 4.90 Å². The highest BCUT2D eigenvalue weighted by molar-refractivity contribution is 7.92.